The molecule has 1 aliphatic rings. The van der Waals surface area contributed by atoms with Gasteiger partial charge in [0.1, 0.15) is 0 Å². The molecule has 0 aliphatic carbocycles. The van der Waals surface area contributed by atoms with E-state index < -0.39 is 11.9 Å². The number of carboxylic acids is 1. The maximum absolute atomic E-state index is 12.5. The van der Waals surface area contributed by atoms with Gasteiger partial charge in [-0.3, -0.25) is 14.4 Å². The topological polar surface area (TPSA) is 86.7 Å². The highest BCUT2D eigenvalue weighted by molar-refractivity contribution is 6.05. The van der Waals surface area contributed by atoms with Crippen LogP contribution in [0.1, 0.15) is 41.6 Å². The highest BCUT2D eigenvalue weighted by Gasteiger charge is 2.22. The van der Waals surface area contributed by atoms with E-state index in [1.54, 1.807) is 54.3 Å². The number of nitrogens with zero attached hydrogens (tertiary/aromatic N) is 1. The lowest BCUT2D eigenvalue weighted by Crippen LogP contribution is -2.24. The van der Waals surface area contributed by atoms with Crippen LogP contribution in [0, 0.1) is 0 Å². The van der Waals surface area contributed by atoms with Gasteiger partial charge in [-0.05, 0) is 49.2 Å². The van der Waals surface area contributed by atoms with Gasteiger partial charge in [-0.2, -0.15) is 0 Å². The van der Waals surface area contributed by atoms with Crippen LogP contribution in [-0.2, 0) is 9.59 Å². The van der Waals surface area contributed by atoms with E-state index >= 15 is 0 Å². The maximum Gasteiger partial charge on any atom is 0.310 e. The van der Waals surface area contributed by atoms with E-state index in [1.165, 1.54) is 0 Å². The number of hydrogen-bond donors (Lipinski definition) is 2. The lowest BCUT2D eigenvalue weighted by molar-refractivity contribution is -0.138. The minimum absolute atomic E-state index is 0.0747. The molecule has 2 N–H and O–H groups in total. The normalized spacial score (nSPS) is 15.0. The third-order valence-electron chi connectivity index (χ3n) is 4.53. The van der Waals surface area contributed by atoms with E-state index in [1.807, 2.05) is 6.07 Å². The zero-order valence-electron chi connectivity index (χ0n) is 14.4. The highest BCUT2D eigenvalue weighted by Crippen LogP contribution is 2.23. The number of aliphatic carboxylic acids is 1. The molecule has 3 rings (SSSR count). The van der Waals surface area contributed by atoms with Crippen LogP contribution in [-0.4, -0.2) is 29.4 Å². The van der Waals surface area contributed by atoms with Gasteiger partial charge in [0.25, 0.3) is 5.91 Å². The number of carbonyl (C=O) groups is 3. The zero-order valence-corrected chi connectivity index (χ0v) is 14.4. The smallest absolute Gasteiger partial charge is 0.310 e. The molecule has 134 valence electrons. The Morgan fingerprint density at radius 3 is 2.50 bits per heavy atom. The summed E-state index contributed by atoms with van der Waals surface area (Å²) >= 11 is 0. The Bertz CT molecular complexity index is 845. The molecular weight excluding hydrogens is 332 g/mol. The van der Waals surface area contributed by atoms with Crippen molar-refractivity contribution in [3.05, 3.63) is 59.7 Å². The van der Waals surface area contributed by atoms with Crippen molar-refractivity contribution in [1.82, 2.24) is 0 Å². The van der Waals surface area contributed by atoms with Gasteiger partial charge >= 0.3 is 5.97 Å². The molecule has 26 heavy (non-hydrogen) atoms. The third kappa shape index (κ3) is 3.74. The van der Waals surface area contributed by atoms with E-state index in [2.05, 4.69) is 5.32 Å². The van der Waals surface area contributed by atoms with Crippen molar-refractivity contribution < 1.29 is 19.5 Å². The number of carboxylic acid groups (broad SMARTS) is 1. The summed E-state index contributed by atoms with van der Waals surface area (Å²) in [4.78, 5) is 37.1. The first-order valence-corrected chi connectivity index (χ1v) is 8.50. The molecule has 1 heterocycles. The summed E-state index contributed by atoms with van der Waals surface area (Å²) in [6, 6.07) is 13.7. The highest BCUT2D eigenvalue weighted by atomic mass is 16.4. The molecule has 1 fully saturated rings. The van der Waals surface area contributed by atoms with Crippen molar-refractivity contribution in [2.75, 3.05) is 16.8 Å². The minimum atomic E-state index is -0.893. The lowest BCUT2D eigenvalue weighted by Gasteiger charge is -2.16. The number of hydrogen-bond acceptors (Lipinski definition) is 3. The molecule has 0 aromatic heterocycles. The van der Waals surface area contributed by atoms with Gasteiger partial charge in [0.05, 0.1) is 5.92 Å². The SMILES string of the molecule is CC(C(=O)O)c1ccc(NC(=O)c2cccc(N3CCCC3=O)c2)cc1. The molecule has 0 spiro atoms. The molecule has 1 unspecified atom stereocenters. The second-order valence-electron chi connectivity index (χ2n) is 6.34. The van der Waals surface area contributed by atoms with Crippen LogP contribution >= 0.6 is 0 Å². The molecular formula is C20H20N2O4. The number of rotatable bonds is 5. The van der Waals surface area contributed by atoms with Crippen LogP contribution < -0.4 is 10.2 Å². The standard InChI is InChI=1S/C20H20N2O4/c1-13(20(25)26)14-7-9-16(10-8-14)21-19(24)15-4-2-5-17(12-15)22-11-3-6-18(22)23/h2,4-5,7-10,12-13H,3,6,11H2,1H3,(H,21,24)(H,25,26). The van der Waals surface area contributed by atoms with E-state index in [4.69, 9.17) is 5.11 Å². The second kappa shape index (κ2) is 7.39. The van der Waals surface area contributed by atoms with Crippen molar-refractivity contribution in [2.45, 2.75) is 25.7 Å². The summed E-state index contributed by atoms with van der Waals surface area (Å²) in [5.41, 5.74) is 2.44. The van der Waals surface area contributed by atoms with Gasteiger partial charge in [-0.1, -0.05) is 18.2 Å². The molecule has 1 atom stereocenters. The summed E-state index contributed by atoms with van der Waals surface area (Å²) in [6.07, 6.45) is 1.37. The fourth-order valence-corrected chi connectivity index (χ4v) is 2.94. The van der Waals surface area contributed by atoms with Crippen LogP contribution in [0.5, 0.6) is 0 Å². The number of benzene rings is 2. The van der Waals surface area contributed by atoms with Crippen molar-refractivity contribution in [2.24, 2.45) is 0 Å². The Hall–Kier alpha value is -3.15. The minimum Gasteiger partial charge on any atom is -0.481 e. The number of anilines is 2. The predicted molar refractivity (Wildman–Crippen MR) is 98.5 cm³/mol. The number of amides is 2. The average Bonchev–Trinajstić information content (AvgIpc) is 3.07. The van der Waals surface area contributed by atoms with E-state index in [0.717, 1.165) is 12.1 Å². The fraction of sp³-hybridized carbons (Fsp3) is 0.250. The van der Waals surface area contributed by atoms with Crippen LogP contribution in [0.25, 0.3) is 0 Å². The first-order chi connectivity index (χ1) is 12.5. The van der Waals surface area contributed by atoms with Crippen LogP contribution in [0.15, 0.2) is 48.5 Å². The number of nitrogens with one attached hydrogen (secondary N) is 1. The van der Waals surface area contributed by atoms with Crippen LogP contribution in [0.4, 0.5) is 11.4 Å². The lowest BCUT2D eigenvalue weighted by atomic mass is 10.0. The molecule has 1 aliphatic heterocycles. The molecule has 0 saturated carbocycles. The predicted octanol–water partition coefficient (Wildman–Crippen LogP) is 3.25. The van der Waals surface area contributed by atoms with E-state index in [-0.39, 0.29) is 11.8 Å². The zero-order chi connectivity index (χ0) is 18.7. The first kappa shape index (κ1) is 17.7. The Labute approximate surface area is 151 Å². The molecule has 0 radical (unpaired) electrons. The van der Waals surface area contributed by atoms with Crippen molar-refractivity contribution in [3.63, 3.8) is 0 Å². The summed E-state index contributed by atoms with van der Waals surface area (Å²) < 4.78 is 0. The largest absolute Gasteiger partial charge is 0.481 e. The van der Waals surface area contributed by atoms with Crippen molar-refractivity contribution in [3.8, 4) is 0 Å². The van der Waals surface area contributed by atoms with Crippen molar-refractivity contribution in [1.29, 1.82) is 0 Å². The van der Waals surface area contributed by atoms with Gasteiger partial charge in [0.15, 0.2) is 0 Å². The molecule has 2 aromatic rings. The maximum atomic E-state index is 12.5. The Kier molecular flexibility index (Phi) is 5.02. The molecule has 6 heteroatoms. The quantitative estimate of drug-likeness (QED) is 0.865. The Morgan fingerprint density at radius 1 is 1.15 bits per heavy atom. The van der Waals surface area contributed by atoms with Gasteiger partial charge < -0.3 is 15.3 Å². The van der Waals surface area contributed by atoms with Crippen LogP contribution in [0.2, 0.25) is 0 Å². The average molecular weight is 352 g/mol. The summed E-state index contributed by atoms with van der Waals surface area (Å²) in [5, 5.41) is 11.8. The monoisotopic (exact) mass is 352 g/mol. The van der Waals surface area contributed by atoms with Gasteiger partial charge in [-0.15, -0.1) is 0 Å². The number of carbonyl (C=O) groups excluding carboxylic acids is 2. The molecule has 1 saturated heterocycles. The van der Waals surface area contributed by atoms with Gasteiger partial charge in [0, 0.05) is 29.9 Å². The Balaban J connectivity index is 1.72. The van der Waals surface area contributed by atoms with Gasteiger partial charge in [-0.25, -0.2) is 0 Å². The molecule has 2 aromatic carbocycles. The Morgan fingerprint density at radius 2 is 1.88 bits per heavy atom. The van der Waals surface area contributed by atoms with Crippen LogP contribution in [0.3, 0.4) is 0 Å². The summed E-state index contributed by atoms with van der Waals surface area (Å²) in [5.74, 6) is -1.70. The fourth-order valence-electron chi connectivity index (χ4n) is 2.94. The van der Waals surface area contributed by atoms with Crippen molar-refractivity contribution >= 4 is 29.2 Å². The molecule has 2 amide bonds. The second-order valence-corrected chi connectivity index (χ2v) is 6.34. The third-order valence-corrected chi connectivity index (χ3v) is 4.53. The van der Waals surface area contributed by atoms with E-state index in [0.29, 0.717) is 29.8 Å². The molecule has 6 nitrogen and oxygen atoms in total. The van der Waals surface area contributed by atoms with E-state index in [9.17, 15) is 14.4 Å². The van der Waals surface area contributed by atoms with Gasteiger partial charge in [0.2, 0.25) is 5.91 Å². The first-order valence-electron chi connectivity index (χ1n) is 8.50. The molecule has 0 bridgehead atoms. The summed E-state index contributed by atoms with van der Waals surface area (Å²) in [6.45, 7) is 2.29. The summed E-state index contributed by atoms with van der Waals surface area (Å²) in [7, 11) is 0.